The van der Waals surface area contributed by atoms with Crippen LogP contribution in [0.15, 0.2) is 0 Å². The molecule has 0 aromatic carbocycles. The van der Waals surface area contributed by atoms with Crippen molar-refractivity contribution in [3.05, 3.63) is 0 Å². The molecular formula is C19H43O31P7. The van der Waals surface area contributed by atoms with E-state index in [0.29, 0.717) is 0 Å². The van der Waals surface area contributed by atoms with Gasteiger partial charge in [0.1, 0.15) is 42.7 Å². The van der Waals surface area contributed by atoms with Crippen LogP contribution in [-0.2, 0) is 77.8 Å². The Balaban J connectivity index is 2.30. The maximum absolute atomic E-state index is 11.9. The minimum Gasteiger partial charge on any atom is -0.377 e. The number of rotatable bonds is 22. The summed E-state index contributed by atoms with van der Waals surface area (Å²) in [6.45, 7) is 0.969. The highest BCUT2D eigenvalue weighted by Gasteiger charge is 2.59. The highest BCUT2D eigenvalue weighted by molar-refractivity contribution is 7.48. The van der Waals surface area contributed by atoms with Gasteiger partial charge in [0.2, 0.25) is 0 Å². The van der Waals surface area contributed by atoms with Crippen molar-refractivity contribution in [2.45, 2.75) is 75.7 Å². The molecule has 2 aliphatic rings. The smallest absolute Gasteiger partial charge is 0.377 e. The fraction of sp³-hybridized carbons (Fsp3) is 1.00. The zero-order valence-electron chi connectivity index (χ0n) is 29.1. The molecule has 12 atom stereocenters. The topological polar surface area (TPSA) is 495 Å². The minimum absolute atomic E-state index is 0.481. The van der Waals surface area contributed by atoms with Crippen molar-refractivity contribution in [1.29, 1.82) is 0 Å². The molecule has 0 bridgehead atoms. The predicted molar refractivity (Wildman–Crippen MR) is 176 cm³/mol. The fourth-order valence-electron chi connectivity index (χ4n) is 6.09. The number of ether oxygens (including phenoxy) is 3. The first-order chi connectivity index (χ1) is 25.4. The summed E-state index contributed by atoms with van der Waals surface area (Å²) < 4.78 is 131. The van der Waals surface area contributed by atoms with Crippen LogP contribution in [0.25, 0.3) is 0 Å². The van der Waals surface area contributed by atoms with Crippen molar-refractivity contribution in [2.75, 3.05) is 26.4 Å². The second-order valence-electron chi connectivity index (χ2n) is 12.3. The molecule has 0 spiro atoms. The van der Waals surface area contributed by atoms with E-state index < -0.39 is 154 Å². The van der Waals surface area contributed by atoms with Gasteiger partial charge in [-0.3, -0.25) is 31.7 Å². The molecule has 31 nitrogen and oxygen atoms in total. The summed E-state index contributed by atoms with van der Waals surface area (Å²) in [5.74, 6) is -4.57. The van der Waals surface area contributed by atoms with E-state index >= 15 is 0 Å². The average molecular weight is 984 g/mol. The molecule has 2 saturated carbocycles. The molecule has 0 amide bonds. The molecule has 0 heterocycles. The molecule has 0 saturated heterocycles. The minimum atomic E-state index is -5.82. The van der Waals surface area contributed by atoms with Crippen molar-refractivity contribution >= 4 is 54.8 Å². The number of phosphoric ester groups is 7. The van der Waals surface area contributed by atoms with Crippen molar-refractivity contribution in [3.63, 3.8) is 0 Å². The Morgan fingerprint density at radius 2 is 0.474 bits per heavy atom. The summed E-state index contributed by atoms with van der Waals surface area (Å²) in [4.78, 5) is 132. The van der Waals surface area contributed by atoms with Crippen LogP contribution in [-0.4, -0.2) is 150 Å². The molecule has 14 N–H and O–H groups in total. The molecular weight excluding hydrogens is 941 g/mol. The molecule has 2 rings (SSSR count). The summed E-state index contributed by atoms with van der Waals surface area (Å²) in [5.41, 5.74) is 0. The van der Waals surface area contributed by atoms with Crippen LogP contribution in [0.1, 0.15) is 20.8 Å². The van der Waals surface area contributed by atoms with Crippen molar-refractivity contribution in [1.82, 2.24) is 0 Å². The van der Waals surface area contributed by atoms with Crippen LogP contribution in [0.5, 0.6) is 0 Å². The zero-order valence-corrected chi connectivity index (χ0v) is 35.3. The van der Waals surface area contributed by atoms with Gasteiger partial charge < -0.3 is 82.7 Å². The highest BCUT2D eigenvalue weighted by Crippen LogP contribution is 2.55. The third kappa shape index (κ3) is 19.3. The Morgan fingerprint density at radius 3 is 0.754 bits per heavy atom. The van der Waals surface area contributed by atoms with Crippen LogP contribution in [0.2, 0.25) is 0 Å². The molecule has 38 heteroatoms. The van der Waals surface area contributed by atoms with Gasteiger partial charge in [-0.05, 0) is 0 Å². The van der Waals surface area contributed by atoms with E-state index in [1.165, 1.54) is 0 Å². The molecule has 57 heavy (non-hydrogen) atoms. The first-order valence-electron chi connectivity index (χ1n) is 15.4. The number of phosphoric acid groups is 7. The molecule has 340 valence electrons. The average Bonchev–Trinajstić information content (AvgIpc) is 2.95. The summed E-state index contributed by atoms with van der Waals surface area (Å²) in [6, 6.07) is 0. The molecule has 2 fully saturated rings. The standard InChI is InChI=1S/C19H43O31P7/c1-8-11(13(44-51(20,21)22)10(3)15(46-53(26,27)28)14(8)45-52(23,24)25)42-6-4-41-5-7-43-12-9(2)16(47-54(29,30)31)18(49-56(35,36)37)19(50-57(38,39)40)17(12)48-55(32,33)34/h8-19H,4-7H2,1-3H3,(H2,20,21,22)(H2,23,24,25)(H2,26,27,28)(H2,29,30,31)(H2,32,33,34)(H2,35,36,37)(H2,38,39,40)/t8-,9+,10-,11+,12+,13-,14+,15+,16-,17-,18-,19+/m1/s1. The number of hydrogen-bond acceptors (Lipinski definition) is 17. The normalized spacial score (nSPS) is 32.7. The first kappa shape index (κ1) is 53.8. The highest BCUT2D eigenvalue weighted by atomic mass is 31.2. The van der Waals surface area contributed by atoms with Crippen LogP contribution in [0, 0.1) is 17.8 Å². The molecule has 0 unspecified atom stereocenters. The van der Waals surface area contributed by atoms with Crippen LogP contribution < -0.4 is 0 Å². The van der Waals surface area contributed by atoms with Gasteiger partial charge in [-0.25, -0.2) is 32.0 Å². The van der Waals surface area contributed by atoms with E-state index in [0.717, 1.165) is 20.8 Å². The maximum atomic E-state index is 11.9. The van der Waals surface area contributed by atoms with Crippen LogP contribution in [0.4, 0.5) is 0 Å². The molecule has 2 aliphatic carbocycles. The lowest BCUT2D eigenvalue weighted by Crippen LogP contribution is -2.63. The van der Waals surface area contributed by atoms with Gasteiger partial charge in [-0.15, -0.1) is 0 Å². The Hall–Kier alpha value is 0.650. The zero-order chi connectivity index (χ0) is 44.3. The Bertz CT molecular complexity index is 1650. The summed E-state index contributed by atoms with van der Waals surface area (Å²) in [5, 5.41) is 0. The van der Waals surface area contributed by atoms with E-state index in [1.807, 2.05) is 0 Å². The molecule has 0 aliphatic heterocycles. The van der Waals surface area contributed by atoms with E-state index in [9.17, 15) is 100 Å². The van der Waals surface area contributed by atoms with Gasteiger partial charge in [0.05, 0.1) is 38.6 Å². The largest absolute Gasteiger partial charge is 0.470 e. The van der Waals surface area contributed by atoms with E-state index in [2.05, 4.69) is 22.6 Å². The van der Waals surface area contributed by atoms with Gasteiger partial charge in [0.15, 0.2) is 0 Å². The first-order valence-corrected chi connectivity index (χ1v) is 26.1. The van der Waals surface area contributed by atoms with Crippen molar-refractivity contribution in [3.8, 4) is 0 Å². The lowest BCUT2D eigenvalue weighted by Gasteiger charge is -2.48. The van der Waals surface area contributed by atoms with Gasteiger partial charge in [-0.1, -0.05) is 20.8 Å². The fourth-order valence-corrected chi connectivity index (χ4v) is 10.3. The van der Waals surface area contributed by atoms with Gasteiger partial charge in [0.25, 0.3) is 0 Å². The second-order valence-corrected chi connectivity index (χ2v) is 20.6. The van der Waals surface area contributed by atoms with Gasteiger partial charge >= 0.3 is 54.8 Å². The van der Waals surface area contributed by atoms with E-state index in [4.69, 9.17) is 23.3 Å². The Labute approximate surface area is 320 Å². The maximum Gasteiger partial charge on any atom is 0.470 e. The summed E-state index contributed by atoms with van der Waals surface area (Å²) in [7, 11) is -39.2. The van der Waals surface area contributed by atoms with Gasteiger partial charge in [-0.2, -0.15) is 0 Å². The van der Waals surface area contributed by atoms with Crippen LogP contribution in [0.3, 0.4) is 0 Å². The number of hydrogen-bond donors (Lipinski definition) is 14. The van der Waals surface area contributed by atoms with Crippen LogP contribution >= 0.6 is 54.8 Å². The van der Waals surface area contributed by atoms with E-state index in [1.54, 1.807) is 0 Å². The lowest BCUT2D eigenvalue weighted by molar-refractivity contribution is -0.202. The third-order valence-corrected chi connectivity index (χ3v) is 11.6. The summed E-state index contributed by atoms with van der Waals surface area (Å²) in [6.07, 6.45) is -19.2. The Kier molecular flexibility index (Phi) is 19.3. The third-order valence-electron chi connectivity index (χ3n) is 7.94. The van der Waals surface area contributed by atoms with E-state index in [-0.39, 0.29) is 0 Å². The quantitative estimate of drug-likeness (QED) is 0.0414. The van der Waals surface area contributed by atoms with Crippen molar-refractivity contribution < 1.29 is 146 Å². The Morgan fingerprint density at radius 1 is 0.298 bits per heavy atom. The predicted octanol–water partition coefficient (Wildman–Crippen LogP) is -1.95. The lowest BCUT2D eigenvalue weighted by atomic mass is 9.75. The molecule has 0 aromatic heterocycles. The van der Waals surface area contributed by atoms with Gasteiger partial charge in [0, 0.05) is 17.8 Å². The van der Waals surface area contributed by atoms with Crippen molar-refractivity contribution in [2.24, 2.45) is 17.8 Å². The molecule has 0 radical (unpaired) electrons. The second kappa shape index (κ2) is 20.4. The molecule has 0 aromatic rings. The monoisotopic (exact) mass is 984 g/mol. The SMILES string of the molecule is C[C@@H]1[C@@H](OP(=O)(O)O)[C@@H](OP(=O)(O)O)[C@@H](OP(=O)(O)O)[C@H](OP(=O)(O)O)[C@H]1OCCOCCO[C@H]1[C@@H](C)[C@H](OP(=O)(O)O)[C@@H](OP(=O)(O)O)[C@H](C)[C@H]1OP(=O)(O)O. The summed E-state index contributed by atoms with van der Waals surface area (Å²) >= 11 is 0.